The molecule has 8 heteroatoms. The number of nitrogens with one attached hydrogen (secondary N) is 1. The Bertz CT molecular complexity index is 727. The molecule has 1 aliphatic heterocycles. The number of nitrogens with zero attached hydrogens (tertiary/aromatic N) is 4. The van der Waals surface area contributed by atoms with Crippen LogP contribution < -0.4 is 20.7 Å². The van der Waals surface area contributed by atoms with E-state index >= 15 is 0 Å². The van der Waals surface area contributed by atoms with Crippen LogP contribution in [-0.2, 0) is 6.54 Å². The zero-order valence-electron chi connectivity index (χ0n) is 15.8. The second-order valence-corrected chi connectivity index (χ2v) is 6.37. The van der Waals surface area contributed by atoms with Crippen molar-refractivity contribution >= 4 is 41.4 Å². The van der Waals surface area contributed by atoms with E-state index in [1.807, 2.05) is 30.5 Å². The number of methoxy groups -OCH3 is 1. The summed E-state index contributed by atoms with van der Waals surface area (Å²) in [5.74, 6) is 2.20. The Kier molecular flexibility index (Phi) is 8.11. The molecule has 0 unspecified atom stereocenters. The number of anilines is 2. The zero-order valence-corrected chi connectivity index (χ0v) is 18.1. The molecule has 2 heterocycles. The average molecular weight is 482 g/mol. The number of ether oxygens (including phenoxy) is 1. The highest BCUT2D eigenvalue weighted by molar-refractivity contribution is 14.0. The van der Waals surface area contributed by atoms with Crippen LogP contribution in [0.3, 0.4) is 0 Å². The van der Waals surface area contributed by atoms with E-state index in [4.69, 9.17) is 10.5 Å². The molecule has 27 heavy (non-hydrogen) atoms. The van der Waals surface area contributed by atoms with E-state index in [2.05, 4.69) is 44.3 Å². The molecule has 2 aromatic rings. The monoisotopic (exact) mass is 482 g/mol. The summed E-state index contributed by atoms with van der Waals surface area (Å²) in [6, 6.07) is 11.7. The van der Waals surface area contributed by atoms with Gasteiger partial charge in [-0.2, -0.15) is 0 Å². The number of aliphatic imine (C=N–C) groups is 1. The molecule has 1 saturated heterocycles. The smallest absolute Gasteiger partial charge is 0.193 e. The minimum atomic E-state index is 0. The van der Waals surface area contributed by atoms with Crippen molar-refractivity contribution in [2.75, 3.05) is 50.6 Å². The molecule has 1 aromatic heterocycles. The SMILES string of the molecule is COc1ccc(NC(N)=NCc2ccc(N3CCN(C)CC3)nc2)cc1.I. The largest absolute Gasteiger partial charge is 0.497 e. The molecular formula is C19H27IN6O. The fraction of sp³-hybridized carbons (Fsp3) is 0.368. The molecule has 1 fully saturated rings. The molecule has 3 N–H and O–H groups in total. The molecule has 1 aromatic carbocycles. The third-order valence-electron chi connectivity index (χ3n) is 4.43. The van der Waals surface area contributed by atoms with Crippen LogP contribution >= 0.6 is 24.0 Å². The lowest BCUT2D eigenvalue weighted by Crippen LogP contribution is -2.44. The summed E-state index contributed by atoms with van der Waals surface area (Å²) < 4.78 is 5.14. The number of nitrogens with two attached hydrogens (primary N) is 1. The first-order valence-corrected chi connectivity index (χ1v) is 8.73. The predicted octanol–water partition coefficient (Wildman–Crippen LogP) is 2.39. The summed E-state index contributed by atoms with van der Waals surface area (Å²) >= 11 is 0. The van der Waals surface area contributed by atoms with Crippen molar-refractivity contribution in [2.45, 2.75) is 6.54 Å². The number of halogens is 1. The van der Waals surface area contributed by atoms with E-state index in [0.29, 0.717) is 12.5 Å². The Labute approximate surface area is 177 Å². The van der Waals surface area contributed by atoms with E-state index in [9.17, 15) is 0 Å². The Morgan fingerprint density at radius 3 is 2.44 bits per heavy atom. The molecule has 0 saturated carbocycles. The molecular weight excluding hydrogens is 455 g/mol. The maximum Gasteiger partial charge on any atom is 0.193 e. The molecule has 0 aliphatic carbocycles. The summed E-state index contributed by atoms with van der Waals surface area (Å²) in [6.07, 6.45) is 1.87. The van der Waals surface area contributed by atoms with Gasteiger partial charge >= 0.3 is 0 Å². The van der Waals surface area contributed by atoms with Gasteiger partial charge in [0.1, 0.15) is 11.6 Å². The highest BCUT2D eigenvalue weighted by Gasteiger charge is 2.14. The highest BCUT2D eigenvalue weighted by atomic mass is 127. The van der Waals surface area contributed by atoms with E-state index in [1.54, 1.807) is 7.11 Å². The van der Waals surface area contributed by atoms with Crippen LogP contribution in [0.4, 0.5) is 11.5 Å². The number of benzene rings is 1. The van der Waals surface area contributed by atoms with E-state index in [0.717, 1.165) is 49.0 Å². The molecule has 3 rings (SSSR count). The molecule has 7 nitrogen and oxygen atoms in total. The Morgan fingerprint density at radius 1 is 1.15 bits per heavy atom. The number of likely N-dealkylation sites (N-methyl/N-ethyl adjacent to an activating group) is 1. The van der Waals surface area contributed by atoms with Crippen LogP contribution in [0.15, 0.2) is 47.6 Å². The van der Waals surface area contributed by atoms with Gasteiger partial charge in [0.2, 0.25) is 0 Å². The molecule has 0 spiro atoms. The first kappa shape index (κ1) is 21.2. The van der Waals surface area contributed by atoms with Crippen molar-refractivity contribution < 1.29 is 4.74 Å². The van der Waals surface area contributed by atoms with Crippen molar-refractivity contribution in [1.29, 1.82) is 0 Å². The topological polar surface area (TPSA) is 79.0 Å². The van der Waals surface area contributed by atoms with Gasteiger partial charge in [0.25, 0.3) is 0 Å². The lowest BCUT2D eigenvalue weighted by molar-refractivity contribution is 0.312. The average Bonchev–Trinajstić information content (AvgIpc) is 2.68. The normalized spacial score (nSPS) is 15.2. The zero-order chi connectivity index (χ0) is 18.4. The van der Waals surface area contributed by atoms with Crippen LogP contribution in [0, 0.1) is 0 Å². The van der Waals surface area contributed by atoms with Gasteiger partial charge in [0.15, 0.2) is 5.96 Å². The van der Waals surface area contributed by atoms with Gasteiger partial charge in [-0.05, 0) is 42.9 Å². The van der Waals surface area contributed by atoms with Crippen molar-refractivity contribution in [3.63, 3.8) is 0 Å². The lowest BCUT2D eigenvalue weighted by Gasteiger charge is -2.33. The second kappa shape index (κ2) is 10.3. The number of rotatable bonds is 5. The summed E-state index contributed by atoms with van der Waals surface area (Å²) in [5, 5.41) is 3.07. The van der Waals surface area contributed by atoms with E-state index < -0.39 is 0 Å². The van der Waals surface area contributed by atoms with Crippen LogP contribution in [0.5, 0.6) is 5.75 Å². The second-order valence-electron chi connectivity index (χ2n) is 6.37. The predicted molar refractivity (Wildman–Crippen MR) is 121 cm³/mol. The minimum absolute atomic E-state index is 0. The molecule has 146 valence electrons. The van der Waals surface area contributed by atoms with E-state index in [-0.39, 0.29) is 24.0 Å². The highest BCUT2D eigenvalue weighted by Crippen LogP contribution is 2.15. The number of aromatic nitrogens is 1. The lowest BCUT2D eigenvalue weighted by atomic mass is 10.2. The summed E-state index contributed by atoms with van der Waals surface area (Å²) in [4.78, 5) is 13.6. The Morgan fingerprint density at radius 2 is 1.85 bits per heavy atom. The molecule has 0 atom stereocenters. The third kappa shape index (κ3) is 6.24. The first-order chi connectivity index (χ1) is 12.6. The van der Waals surface area contributed by atoms with Crippen LogP contribution in [0.2, 0.25) is 0 Å². The Hall–Kier alpha value is -2.07. The van der Waals surface area contributed by atoms with Gasteiger partial charge in [0.05, 0.1) is 13.7 Å². The molecule has 0 radical (unpaired) electrons. The van der Waals surface area contributed by atoms with Gasteiger partial charge in [-0.15, -0.1) is 24.0 Å². The first-order valence-electron chi connectivity index (χ1n) is 8.73. The van der Waals surface area contributed by atoms with Crippen LogP contribution in [0.1, 0.15) is 5.56 Å². The standard InChI is InChI=1S/C19H26N6O.HI/c1-24-9-11-25(12-10-24)18-8-3-15(13-21-18)14-22-19(20)23-16-4-6-17(26-2)7-5-16;/h3-8,13H,9-12,14H2,1-2H3,(H3,20,22,23);1H. The third-order valence-corrected chi connectivity index (χ3v) is 4.43. The van der Waals surface area contributed by atoms with Crippen molar-refractivity contribution in [1.82, 2.24) is 9.88 Å². The van der Waals surface area contributed by atoms with Gasteiger partial charge in [-0.3, -0.25) is 0 Å². The molecule has 1 aliphatic rings. The number of hydrogen-bond donors (Lipinski definition) is 2. The fourth-order valence-electron chi connectivity index (χ4n) is 2.77. The summed E-state index contributed by atoms with van der Waals surface area (Å²) in [6.45, 7) is 4.66. The molecule has 0 bridgehead atoms. The van der Waals surface area contributed by atoms with Crippen molar-refractivity contribution in [3.05, 3.63) is 48.2 Å². The number of pyridine rings is 1. The van der Waals surface area contributed by atoms with Crippen LogP contribution in [0.25, 0.3) is 0 Å². The minimum Gasteiger partial charge on any atom is -0.497 e. The van der Waals surface area contributed by atoms with Gasteiger partial charge < -0.3 is 25.6 Å². The molecule has 0 amide bonds. The van der Waals surface area contributed by atoms with Crippen LogP contribution in [-0.4, -0.2) is 56.2 Å². The number of guanidine groups is 1. The maximum absolute atomic E-state index is 5.96. The van der Waals surface area contributed by atoms with Gasteiger partial charge in [0, 0.05) is 38.1 Å². The van der Waals surface area contributed by atoms with Crippen molar-refractivity contribution in [3.8, 4) is 5.75 Å². The van der Waals surface area contributed by atoms with E-state index in [1.165, 1.54) is 0 Å². The summed E-state index contributed by atoms with van der Waals surface area (Å²) in [5.41, 5.74) is 7.86. The quantitative estimate of drug-likeness (QED) is 0.387. The van der Waals surface area contributed by atoms with Crippen molar-refractivity contribution in [2.24, 2.45) is 10.7 Å². The number of piperazine rings is 1. The van der Waals surface area contributed by atoms with Gasteiger partial charge in [-0.25, -0.2) is 9.98 Å². The maximum atomic E-state index is 5.96. The summed E-state index contributed by atoms with van der Waals surface area (Å²) in [7, 11) is 3.79. The Balaban J connectivity index is 0.00000261. The van der Waals surface area contributed by atoms with Gasteiger partial charge in [-0.1, -0.05) is 6.07 Å². The fourth-order valence-corrected chi connectivity index (χ4v) is 2.77. The number of hydrogen-bond acceptors (Lipinski definition) is 5.